The predicted molar refractivity (Wildman–Crippen MR) is 56.3 cm³/mol. The van der Waals surface area contributed by atoms with E-state index >= 15 is 0 Å². The summed E-state index contributed by atoms with van der Waals surface area (Å²) in [7, 11) is 0. The van der Waals surface area contributed by atoms with Gasteiger partial charge in [-0.1, -0.05) is 13.3 Å². The van der Waals surface area contributed by atoms with Crippen LogP contribution < -0.4 is 5.32 Å². The van der Waals surface area contributed by atoms with Gasteiger partial charge < -0.3 is 5.32 Å². The maximum absolute atomic E-state index is 4.55. The molecule has 2 rings (SSSR count). The highest BCUT2D eigenvalue weighted by molar-refractivity contribution is 5.60. The third kappa shape index (κ3) is 2.31. The number of hydrogen-bond acceptors (Lipinski definition) is 2. The van der Waals surface area contributed by atoms with Crippen molar-refractivity contribution in [2.24, 2.45) is 10.9 Å². The standard InChI is InChI=1S/C11H20N2/c1-9-5-7-13-11(9)8-10-4-2-3-6-12-10/h7,9-12H,2-6,8H2,1H3/t9-,10+,11?/m0/s1. The van der Waals surface area contributed by atoms with Crippen molar-refractivity contribution in [2.45, 2.75) is 51.1 Å². The second-order valence-corrected chi connectivity index (χ2v) is 4.49. The molecule has 1 saturated heterocycles. The number of hydrogen-bond donors (Lipinski definition) is 1. The zero-order valence-electron chi connectivity index (χ0n) is 8.50. The Morgan fingerprint density at radius 2 is 2.38 bits per heavy atom. The smallest absolute Gasteiger partial charge is 0.0539 e. The average Bonchev–Trinajstić information content (AvgIpc) is 2.54. The average molecular weight is 180 g/mol. The van der Waals surface area contributed by atoms with Crippen LogP contribution in [0.5, 0.6) is 0 Å². The highest BCUT2D eigenvalue weighted by atomic mass is 14.9. The molecule has 0 aromatic rings. The Kier molecular flexibility index (Phi) is 2.99. The van der Waals surface area contributed by atoms with Crippen LogP contribution in [0.4, 0.5) is 0 Å². The molecule has 0 spiro atoms. The van der Waals surface area contributed by atoms with Crippen molar-refractivity contribution < 1.29 is 0 Å². The first-order valence-electron chi connectivity index (χ1n) is 5.61. The van der Waals surface area contributed by atoms with E-state index in [2.05, 4.69) is 23.4 Å². The largest absolute Gasteiger partial charge is 0.314 e. The molecule has 13 heavy (non-hydrogen) atoms. The van der Waals surface area contributed by atoms with Gasteiger partial charge in [-0.15, -0.1) is 0 Å². The molecule has 74 valence electrons. The van der Waals surface area contributed by atoms with Crippen molar-refractivity contribution in [3.05, 3.63) is 0 Å². The number of nitrogens with one attached hydrogen (secondary N) is 1. The maximum Gasteiger partial charge on any atom is 0.0539 e. The molecular weight excluding hydrogens is 160 g/mol. The summed E-state index contributed by atoms with van der Waals surface area (Å²) in [5.74, 6) is 0.781. The molecule has 2 aliphatic rings. The van der Waals surface area contributed by atoms with Gasteiger partial charge in [-0.2, -0.15) is 0 Å². The minimum absolute atomic E-state index is 0.607. The molecule has 1 fully saturated rings. The van der Waals surface area contributed by atoms with Gasteiger partial charge in [-0.05, 0) is 44.4 Å². The molecule has 0 aromatic carbocycles. The van der Waals surface area contributed by atoms with Crippen molar-refractivity contribution in [1.82, 2.24) is 5.32 Å². The maximum atomic E-state index is 4.55. The van der Waals surface area contributed by atoms with E-state index in [-0.39, 0.29) is 0 Å². The van der Waals surface area contributed by atoms with Crippen LogP contribution in [0.1, 0.15) is 39.0 Å². The second kappa shape index (κ2) is 4.23. The molecule has 0 amide bonds. The fraction of sp³-hybridized carbons (Fsp3) is 0.909. The molecular formula is C11H20N2. The normalized spacial score (nSPS) is 39.6. The lowest BCUT2D eigenvalue weighted by Gasteiger charge is -2.26. The second-order valence-electron chi connectivity index (χ2n) is 4.49. The quantitative estimate of drug-likeness (QED) is 0.690. The topological polar surface area (TPSA) is 24.4 Å². The van der Waals surface area contributed by atoms with Gasteiger partial charge in [0.05, 0.1) is 6.04 Å². The molecule has 1 N–H and O–H groups in total. The van der Waals surface area contributed by atoms with Crippen LogP contribution in [0.2, 0.25) is 0 Å². The molecule has 0 aliphatic carbocycles. The van der Waals surface area contributed by atoms with Crippen LogP contribution in [0.25, 0.3) is 0 Å². The van der Waals surface area contributed by atoms with Crippen molar-refractivity contribution in [3.8, 4) is 0 Å². The fourth-order valence-electron chi connectivity index (χ4n) is 2.38. The van der Waals surface area contributed by atoms with Crippen LogP contribution in [-0.4, -0.2) is 24.8 Å². The Balaban J connectivity index is 1.79. The predicted octanol–water partition coefficient (Wildman–Crippen LogP) is 2.00. The van der Waals surface area contributed by atoms with Crippen LogP contribution in [-0.2, 0) is 0 Å². The van der Waals surface area contributed by atoms with E-state index < -0.39 is 0 Å². The van der Waals surface area contributed by atoms with E-state index in [1.165, 1.54) is 38.6 Å². The minimum Gasteiger partial charge on any atom is -0.314 e. The number of aliphatic imine (C=N–C) groups is 1. The number of nitrogens with zero attached hydrogens (tertiary/aromatic N) is 1. The fourth-order valence-corrected chi connectivity index (χ4v) is 2.38. The Bertz CT molecular complexity index is 183. The van der Waals surface area contributed by atoms with Gasteiger partial charge in [0.1, 0.15) is 0 Å². The van der Waals surface area contributed by atoms with Crippen molar-refractivity contribution in [3.63, 3.8) is 0 Å². The van der Waals surface area contributed by atoms with Gasteiger partial charge in [0, 0.05) is 6.04 Å². The molecule has 0 saturated carbocycles. The Labute approximate surface area is 80.8 Å². The van der Waals surface area contributed by atoms with E-state index in [0.29, 0.717) is 6.04 Å². The first kappa shape index (κ1) is 9.20. The summed E-state index contributed by atoms with van der Waals surface area (Å²) in [6.45, 7) is 3.54. The van der Waals surface area contributed by atoms with E-state index in [1.807, 2.05) is 0 Å². The summed E-state index contributed by atoms with van der Waals surface area (Å²) in [5, 5.41) is 3.59. The van der Waals surface area contributed by atoms with Crippen molar-refractivity contribution in [2.75, 3.05) is 6.54 Å². The zero-order chi connectivity index (χ0) is 9.10. The Hall–Kier alpha value is -0.370. The van der Waals surface area contributed by atoms with E-state index in [0.717, 1.165) is 12.0 Å². The molecule has 0 aromatic heterocycles. The lowest BCUT2D eigenvalue weighted by Crippen LogP contribution is -2.37. The summed E-state index contributed by atoms with van der Waals surface area (Å²) >= 11 is 0. The third-order valence-corrected chi connectivity index (χ3v) is 3.37. The Morgan fingerprint density at radius 1 is 1.46 bits per heavy atom. The summed E-state index contributed by atoms with van der Waals surface area (Å²) in [6.07, 6.45) is 8.69. The first-order chi connectivity index (χ1) is 6.36. The molecule has 2 heterocycles. The highest BCUT2D eigenvalue weighted by Crippen LogP contribution is 2.23. The van der Waals surface area contributed by atoms with Gasteiger partial charge in [-0.3, -0.25) is 4.99 Å². The van der Waals surface area contributed by atoms with Crippen molar-refractivity contribution >= 4 is 6.21 Å². The van der Waals surface area contributed by atoms with Gasteiger partial charge >= 0.3 is 0 Å². The van der Waals surface area contributed by atoms with E-state index in [9.17, 15) is 0 Å². The number of piperidine rings is 1. The summed E-state index contributed by atoms with van der Waals surface area (Å²) in [6, 6.07) is 1.35. The summed E-state index contributed by atoms with van der Waals surface area (Å²) in [4.78, 5) is 4.55. The van der Waals surface area contributed by atoms with Gasteiger partial charge in [0.15, 0.2) is 0 Å². The van der Waals surface area contributed by atoms with Crippen molar-refractivity contribution in [1.29, 1.82) is 0 Å². The highest BCUT2D eigenvalue weighted by Gasteiger charge is 2.24. The van der Waals surface area contributed by atoms with Crippen LogP contribution in [0.3, 0.4) is 0 Å². The molecule has 1 unspecified atom stereocenters. The monoisotopic (exact) mass is 180 g/mol. The first-order valence-corrected chi connectivity index (χ1v) is 5.61. The minimum atomic E-state index is 0.607. The van der Waals surface area contributed by atoms with Crippen LogP contribution in [0, 0.1) is 5.92 Å². The molecule has 2 aliphatic heterocycles. The van der Waals surface area contributed by atoms with Gasteiger partial charge in [0.25, 0.3) is 0 Å². The van der Waals surface area contributed by atoms with Gasteiger partial charge in [-0.25, -0.2) is 0 Å². The molecule has 3 atom stereocenters. The van der Waals surface area contributed by atoms with E-state index in [1.54, 1.807) is 0 Å². The SMILES string of the molecule is C[C@H]1CC=NC1C[C@H]1CCCCN1. The van der Waals surface area contributed by atoms with E-state index in [4.69, 9.17) is 0 Å². The zero-order valence-corrected chi connectivity index (χ0v) is 8.50. The van der Waals surface area contributed by atoms with Crippen LogP contribution in [0.15, 0.2) is 4.99 Å². The molecule has 2 heteroatoms. The Morgan fingerprint density at radius 3 is 3.00 bits per heavy atom. The molecule has 0 radical (unpaired) electrons. The summed E-state index contributed by atoms with van der Waals surface area (Å²) in [5.41, 5.74) is 0. The lowest BCUT2D eigenvalue weighted by atomic mass is 9.92. The molecule has 2 nitrogen and oxygen atoms in total. The summed E-state index contributed by atoms with van der Waals surface area (Å²) < 4.78 is 0. The number of rotatable bonds is 2. The van der Waals surface area contributed by atoms with Gasteiger partial charge in [0.2, 0.25) is 0 Å². The van der Waals surface area contributed by atoms with Crippen LogP contribution >= 0.6 is 0 Å². The third-order valence-electron chi connectivity index (χ3n) is 3.37. The lowest BCUT2D eigenvalue weighted by molar-refractivity contribution is 0.335. The molecule has 0 bridgehead atoms.